The van der Waals surface area contributed by atoms with Crippen molar-refractivity contribution in [2.75, 3.05) is 5.32 Å². The van der Waals surface area contributed by atoms with Crippen molar-refractivity contribution in [1.29, 1.82) is 0 Å². The van der Waals surface area contributed by atoms with Gasteiger partial charge in [0.1, 0.15) is 12.1 Å². The summed E-state index contributed by atoms with van der Waals surface area (Å²) < 4.78 is 19.2. The molecule has 8 heteroatoms. The highest BCUT2D eigenvalue weighted by Gasteiger charge is 2.16. The predicted molar refractivity (Wildman–Crippen MR) is 105 cm³/mol. The van der Waals surface area contributed by atoms with Crippen LogP contribution in [0.2, 0.25) is 0 Å². The molecule has 0 aliphatic heterocycles. The number of anilines is 1. The molecule has 4 heterocycles. The first kappa shape index (κ1) is 18.0. The van der Waals surface area contributed by atoms with E-state index in [0.29, 0.717) is 17.3 Å². The Morgan fingerprint density at radius 2 is 2.00 bits per heavy atom. The van der Waals surface area contributed by atoms with E-state index in [1.165, 1.54) is 12.5 Å². The zero-order chi connectivity index (χ0) is 19.7. The first-order valence-corrected chi connectivity index (χ1v) is 9.23. The monoisotopic (exact) mass is 394 g/mol. The summed E-state index contributed by atoms with van der Waals surface area (Å²) in [4.78, 5) is 26.5. The number of carbonyl (C=O) groups excluding carboxylic acids is 1. The maximum Gasteiger partial charge on any atom is 0.260 e. The van der Waals surface area contributed by atoms with Crippen LogP contribution in [-0.2, 0) is 0 Å². The summed E-state index contributed by atoms with van der Waals surface area (Å²) in [5.74, 6) is -0.309. The third kappa shape index (κ3) is 3.41. The molecule has 0 spiro atoms. The van der Waals surface area contributed by atoms with Gasteiger partial charge in [-0.2, -0.15) is 0 Å². The molecule has 0 aromatic carbocycles. The molecule has 0 saturated carbocycles. The second kappa shape index (κ2) is 7.32. The van der Waals surface area contributed by atoms with E-state index in [-0.39, 0.29) is 5.56 Å². The summed E-state index contributed by atoms with van der Waals surface area (Å²) >= 11 is 1.55. The molecule has 140 valence electrons. The molecule has 0 radical (unpaired) electrons. The van der Waals surface area contributed by atoms with E-state index in [0.717, 1.165) is 27.1 Å². The fourth-order valence-corrected chi connectivity index (χ4v) is 3.92. The Bertz CT molecular complexity index is 1120. The zero-order valence-electron chi connectivity index (χ0n) is 15.1. The summed E-state index contributed by atoms with van der Waals surface area (Å²) in [6, 6.07) is 5.55. The van der Waals surface area contributed by atoms with Crippen LogP contribution in [0.5, 0.6) is 0 Å². The number of amides is 1. The van der Waals surface area contributed by atoms with E-state index in [2.05, 4.69) is 20.3 Å². The second-order valence-corrected chi connectivity index (χ2v) is 7.21. The minimum absolute atomic E-state index is 0.0365. The minimum Gasteiger partial charge on any atom is -0.444 e. The van der Waals surface area contributed by atoms with Gasteiger partial charge in [-0.15, -0.1) is 11.3 Å². The summed E-state index contributed by atoms with van der Waals surface area (Å²) in [6.07, 6.45) is 7.28. The molecule has 1 N–H and O–H groups in total. The summed E-state index contributed by atoms with van der Waals surface area (Å²) in [7, 11) is 0. The molecule has 0 saturated heterocycles. The number of nitrogens with one attached hydrogen (secondary N) is 1. The molecule has 4 rings (SSSR count). The van der Waals surface area contributed by atoms with Crippen LogP contribution in [0.15, 0.2) is 53.7 Å². The van der Waals surface area contributed by atoms with Crippen molar-refractivity contribution in [3.8, 4) is 21.2 Å². The lowest BCUT2D eigenvalue weighted by molar-refractivity contribution is 0.102. The Morgan fingerprint density at radius 3 is 2.68 bits per heavy atom. The van der Waals surface area contributed by atoms with Gasteiger partial charge in [-0.25, -0.2) is 14.4 Å². The van der Waals surface area contributed by atoms with Crippen LogP contribution in [0, 0.1) is 19.7 Å². The quantitative estimate of drug-likeness (QED) is 0.534. The van der Waals surface area contributed by atoms with Gasteiger partial charge in [-0.1, -0.05) is 0 Å². The van der Waals surface area contributed by atoms with Gasteiger partial charge in [0.15, 0.2) is 5.82 Å². The molecule has 1 amide bonds. The van der Waals surface area contributed by atoms with Crippen molar-refractivity contribution in [3.63, 3.8) is 0 Å². The molecule has 0 bridgehead atoms. The van der Waals surface area contributed by atoms with E-state index >= 15 is 0 Å². The molecule has 0 fully saturated rings. The Morgan fingerprint density at radius 1 is 1.14 bits per heavy atom. The number of pyridine rings is 2. The lowest BCUT2D eigenvalue weighted by Gasteiger charge is -2.08. The predicted octanol–water partition coefficient (Wildman–Crippen LogP) is 4.87. The highest BCUT2D eigenvalue weighted by Crippen LogP contribution is 2.37. The van der Waals surface area contributed by atoms with Crippen LogP contribution in [0.1, 0.15) is 21.5 Å². The van der Waals surface area contributed by atoms with Gasteiger partial charge < -0.3 is 9.73 Å². The topological polar surface area (TPSA) is 80.9 Å². The highest BCUT2D eigenvalue weighted by atomic mass is 32.1. The van der Waals surface area contributed by atoms with Crippen molar-refractivity contribution in [1.82, 2.24) is 15.0 Å². The number of halogens is 1. The van der Waals surface area contributed by atoms with E-state index < -0.39 is 11.7 Å². The van der Waals surface area contributed by atoms with Gasteiger partial charge >= 0.3 is 0 Å². The third-order valence-corrected chi connectivity index (χ3v) is 5.42. The van der Waals surface area contributed by atoms with Crippen molar-refractivity contribution in [2.24, 2.45) is 0 Å². The molecule has 0 aliphatic carbocycles. The fourth-order valence-electron chi connectivity index (χ4n) is 2.82. The summed E-state index contributed by atoms with van der Waals surface area (Å²) in [6.45, 7) is 3.63. The molecule has 4 aromatic rings. The molecular formula is C20H15FN4O2S. The Kier molecular flexibility index (Phi) is 4.70. The highest BCUT2D eigenvalue weighted by molar-refractivity contribution is 7.19. The number of aromatic nitrogens is 3. The number of oxazole rings is 1. The third-order valence-electron chi connectivity index (χ3n) is 4.14. The van der Waals surface area contributed by atoms with Gasteiger partial charge in [0, 0.05) is 22.8 Å². The maximum absolute atomic E-state index is 13.9. The fraction of sp³-hybridized carbons (Fsp3) is 0.100. The van der Waals surface area contributed by atoms with Crippen LogP contribution in [0.25, 0.3) is 21.2 Å². The van der Waals surface area contributed by atoms with Crippen molar-refractivity contribution >= 4 is 23.1 Å². The molecular weight excluding hydrogens is 379 g/mol. The average Bonchev–Trinajstić information content (AvgIpc) is 3.32. The SMILES string of the molecule is Cc1cc(-c2ncco2)sc1-c1ccc(NC(=O)c2c(C)cncc2F)nc1. The first-order valence-electron chi connectivity index (χ1n) is 8.41. The number of carbonyl (C=O) groups is 1. The first-order chi connectivity index (χ1) is 13.5. The Hall–Kier alpha value is -3.39. The van der Waals surface area contributed by atoms with Crippen molar-refractivity contribution in [3.05, 3.63) is 71.8 Å². The van der Waals surface area contributed by atoms with Gasteiger partial charge in [-0.05, 0) is 43.2 Å². The van der Waals surface area contributed by atoms with E-state index in [4.69, 9.17) is 4.42 Å². The molecule has 28 heavy (non-hydrogen) atoms. The van der Waals surface area contributed by atoms with Gasteiger partial charge in [-0.3, -0.25) is 9.78 Å². The standard InChI is InChI=1S/C20H15FN4O2S/c1-11-7-15(20-23-5-6-27-20)28-18(11)13-3-4-16(24-9-13)25-19(26)17-12(2)8-22-10-14(17)21/h3-10H,1-2H3,(H,24,25,26). The Balaban J connectivity index is 1.56. The van der Waals surface area contributed by atoms with Crippen LogP contribution < -0.4 is 5.32 Å². The number of aryl methyl sites for hydroxylation is 2. The summed E-state index contributed by atoms with van der Waals surface area (Å²) in [5, 5.41) is 2.62. The van der Waals surface area contributed by atoms with Crippen LogP contribution in [0.3, 0.4) is 0 Å². The van der Waals surface area contributed by atoms with E-state index in [9.17, 15) is 9.18 Å². The van der Waals surface area contributed by atoms with Crippen LogP contribution >= 0.6 is 11.3 Å². The number of hydrogen-bond donors (Lipinski definition) is 1. The van der Waals surface area contributed by atoms with Crippen LogP contribution in [-0.4, -0.2) is 20.9 Å². The maximum atomic E-state index is 13.9. The largest absolute Gasteiger partial charge is 0.444 e. The lowest BCUT2D eigenvalue weighted by atomic mass is 10.1. The molecule has 4 aromatic heterocycles. The zero-order valence-corrected chi connectivity index (χ0v) is 15.9. The van der Waals surface area contributed by atoms with Crippen LogP contribution in [0.4, 0.5) is 10.2 Å². The van der Waals surface area contributed by atoms with E-state index in [1.54, 1.807) is 36.7 Å². The van der Waals surface area contributed by atoms with Crippen molar-refractivity contribution < 1.29 is 13.6 Å². The molecule has 0 aliphatic rings. The number of hydrogen-bond acceptors (Lipinski definition) is 6. The number of nitrogens with zero attached hydrogens (tertiary/aromatic N) is 3. The molecule has 6 nitrogen and oxygen atoms in total. The second-order valence-electron chi connectivity index (χ2n) is 6.16. The molecule has 0 unspecified atom stereocenters. The van der Waals surface area contributed by atoms with Gasteiger partial charge in [0.25, 0.3) is 5.91 Å². The van der Waals surface area contributed by atoms with E-state index in [1.807, 2.05) is 19.1 Å². The number of rotatable bonds is 4. The Labute approximate surface area is 164 Å². The lowest BCUT2D eigenvalue weighted by Crippen LogP contribution is -2.16. The normalized spacial score (nSPS) is 10.8. The minimum atomic E-state index is -0.664. The van der Waals surface area contributed by atoms with Crippen molar-refractivity contribution in [2.45, 2.75) is 13.8 Å². The smallest absolute Gasteiger partial charge is 0.260 e. The number of thiophene rings is 1. The average molecular weight is 394 g/mol. The van der Waals surface area contributed by atoms with Gasteiger partial charge in [0.05, 0.1) is 22.8 Å². The summed E-state index contributed by atoms with van der Waals surface area (Å²) in [5.41, 5.74) is 2.41. The van der Waals surface area contributed by atoms with Gasteiger partial charge in [0.2, 0.25) is 5.89 Å². The molecule has 0 atom stereocenters.